The highest BCUT2D eigenvalue weighted by Gasteiger charge is 2.38. The van der Waals surface area contributed by atoms with Gasteiger partial charge in [0.1, 0.15) is 6.10 Å². The highest BCUT2D eigenvalue weighted by atomic mass is 16.6. The maximum Gasteiger partial charge on any atom is 0.410 e. The van der Waals surface area contributed by atoms with E-state index >= 15 is 0 Å². The Morgan fingerprint density at radius 1 is 1.06 bits per heavy atom. The number of amides is 1. The van der Waals surface area contributed by atoms with Crippen LogP contribution in [0.5, 0.6) is 0 Å². The first-order chi connectivity index (χ1) is 15.7. The summed E-state index contributed by atoms with van der Waals surface area (Å²) in [5.74, 6) is 1.35. The molecule has 7 heteroatoms. The summed E-state index contributed by atoms with van der Waals surface area (Å²) in [6.07, 6.45) is 9.97. The largest absolute Gasteiger partial charge is 0.446 e. The maximum atomic E-state index is 12.7. The quantitative estimate of drug-likeness (QED) is 0.720. The summed E-state index contributed by atoms with van der Waals surface area (Å²) in [5, 5.41) is 8.97. The molecule has 2 bridgehead atoms. The minimum absolute atomic E-state index is 0.118. The van der Waals surface area contributed by atoms with E-state index < -0.39 is 0 Å². The van der Waals surface area contributed by atoms with Crippen molar-refractivity contribution < 1.29 is 9.53 Å². The third-order valence-corrected chi connectivity index (χ3v) is 7.49. The van der Waals surface area contributed by atoms with Crippen LogP contribution >= 0.6 is 0 Å². The average Bonchev–Trinajstić information content (AvgIpc) is 3.27. The number of carbonyl (C=O) groups is 1. The number of fused-ring (bicyclic) bond motifs is 3. The molecule has 0 spiro atoms. The first kappa shape index (κ1) is 21.0. The Balaban J connectivity index is 1.11. The van der Waals surface area contributed by atoms with Crippen LogP contribution in [0.3, 0.4) is 0 Å². The first-order valence-corrected chi connectivity index (χ1v) is 11.8. The van der Waals surface area contributed by atoms with Crippen molar-refractivity contribution >= 4 is 6.09 Å². The number of hydrogen-bond donors (Lipinski definition) is 0. The molecule has 0 radical (unpaired) electrons. The SMILES string of the molecule is N#Cc1ccc(Cn2cncc2CN2CCN(C(=O)OC3CC4CCC3CC4)CC2)cc1. The molecule has 1 atom stereocenters. The van der Waals surface area contributed by atoms with Gasteiger partial charge < -0.3 is 14.2 Å². The molecule has 3 aliphatic carbocycles. The minimum atomic E-state index is -0.118. The van der Waals surface area contributed by atoms with E-state index in [1.807, 2.05) is 41.7 Å². The number of aromatic nitrogens is 2. The minimum Gasteiger partial charge on any atom is -0.446 e. The summed E-state index contributed by atoms with van der Waals surface area (Å²) >= 11 is 0. The monoisotopic (exact) mass is 433 g/mol. The lowest BCUT2D eigenvalue weighted by atomic mass is 9.69. The number of hydrogen-bond acceptors (Lipinski definition) is 5. The van der Waals surface area contributed by atoms with Gasteiger partial charge in [0.2, 0.25) is 0 Å². The van der Waals surface area contributed by atoms with Crippen LogP contribution in [-0.2, 0) is 17.8 Å². The van der Waals surface area contributed by atoms with Crippen molar-refractivity contribution in [2.45, 2.75) is 51.3 Å². The van der Waals surface area contributed by atoms with Gasteiger partial charge in [-0.3, -0.25) is 4.90 Å². The van der Waals surface area contributed by atoms with Crippen molar-refractivity contribution in [1.82, 2.24) is 19.4 Å². The Morgan fingerprint density at radius 2 is 1.81 bits per heavy atom. The van der Waals surface area contributed by atoms with Crippen LogP contribution < -0.4 is 0 Å². The molecular formula is C25H31N5O2. The van der Waals surface area contributed by atoms with Gasteiger partial charge in [0.05, 0.1) is 23.7 Å². The summed E-state index contributed by atoms with van der Waals surface area (Å²) in [5.41, 5.74) is 2.97. The Hall–Kier alpha value is -2.85. The molecule has 1 aromatic heterocycles. The molecule has 6 rings (SSSR count). The van der Waals surface area contributed by atoms with Crippen LogP contribution in [0.15, 0.2) is 36.8 Å². The van der Waals surface area contributed by atoms with Gasteiger partial charge in [0, 0.05) is 45.5 Å². The van der Waals surface area contributed by atoms with Crippen LogP contribution in [-0.4, -0.2) is 57.7 Å². The second-order valence-electron chi connectivity index (χ2n) is 9.52. The van der Waals surface area contributed by atoms with Crippen molar-refractivity contribution in [3.8, 4) is 6.07 Å². The number of benzene rings is 1. The van der Waals surface area contributed by atoms with Crippen LogP contribution in [0.25, 0.3) is 0 Å². The molecular weight excluding hydrogens is 402 g/mol. The highest BCUT2D eigenvalue weighted by molar-refractivity contribution is 5.68. The summed E-state index contributed by atoms with van der Waals surface area (Å²) < 4.78 is 8.10. The molecule has 7 nitrogen and oxygen atoms in total. The van der Waals surface area contributed by atoms with Gasteiger partial charge in [0.15, 0.2) is 0 Å². The zero-order valence-electron chi connectivity index (χ0n) is 18.5. The third kappa shape index (κ3) is 4.66. The lowest BCUT2D eigenvalue weighted by Crippen LogP contribution is -2.50. The van der Waals surface area contributed by atoms with Crippen molar-refractivity contribution in [3.63, 3.8) is 0 Å². The zero-order chi connectivity index (χ0) is 21.9. The fraction of sp³-hybridized carbons (Fsp3) is 0.560. The predicted molar refractivity (Wildman–Crippen MR) is 120 cm³/mol. The lowest BCUT2D eigenvalue weighted by Gasteiger charge is -2.42. The van der Waals surface area contributed by atoms with Gasteiger partial charge in [-0.2, -0.15) is 5.26 Å². The van der Waals surface area contributed by atoms with Gasteiger partial charge in [0.25, 0.3) is 0 Å². The van der Waals surface area contributed by atoms with E-state index in [0.717, 1.165) is 49.8 Å². The van der Waals surface area contributed by atoms with Gasteiger partial charge in [-0.25, -0.2) is 9.78 Å². The van der Waals surface area contributed by atoms with Crippen LogP contribution in [0.4, 0.5) is 4.79 Å². The number of nitriles is 1. The van der Waals surface area contributed by atoms with E-state index in [1.54, 1.807) is 0 Å². The van der Waals surface area contributed by atoms with Crippen molar-refractivity contribution in [2.24, 2.45) is 11.8 Å². The lowest BCUT2D eigenvalue weighted by molar-refractivity contribution is -0.0306. The topological polar surface area (TPSA) is 74.4 Å². The number of imidazole rings is 1. The van der Waals surface area contributed by atoms with Crippen molar-refractivity contribution in [3.05, 3.63) is 53.6 Å². The second-order valence-corrected chi connectivity index (χ2v) is 9.52. The van der Waals surface area contributed by atoms with Gasteiger partial charge in [-0.05, 0) is 61.6 Å². The molecule has 4 fully saturated rings. The molecule has 168 valence electrons. The van der Waals surface area contributed by atoms with E-state index in [9.17, 15) is 4.79 Å². The number of piperazine rings is 1. The number of rotatable bonds is 5. The highest BCUT2D eigenvalue weighted by Crippen LogP contribution is 2.42. The molecule has 4 aliphatic rings. The van der Waals surface area contributed by atoms with Gasteiger partial charge >= 0.3 is 6.09 Å². The molecule has 0 N–H and O–H groups in total. The molecule has 1 unspecified atom stereocenters. The van der Waals surface area contributed by atoms with Crippen LogP contribution in [0.2, 0.25) is 0 Å². The smallest absolute Gasteiger partial charge is 0.410 e. The van der Waals surface area contributed by atoms with E-state index in [-0.39, 0.29) is 12.2 Å². The Morgan fingerprint density at radius 3 is 2.47 bits per heavy atom. The summed E-state index contributed by atoms with van der Waals surface area (Å²) in [7, 11) is 0. The standard InChI is InChI=1S/C25H31N5O2/c26-14-20-1-3-21(4-2-20)16-30-18-27-15-23(30)17-28-9-11-29(12-10-28)25(31)32-24-13-19-5-7-22(24)8-6-19/h1-4,15,18-19,22,24H,5-13,16-17H2. The summed E-state index contributed by atoms with van der Waals surface area (Å²) in [4.78, 5) is 21.3. The van der Waals surface area contributed by atoms with E-state index in [1.165, 1.54) is 25.7 Å². The summed E-state index contributed by atoms with van der Waals surface area (Å²) in [6, 6.07) is 9.84. The number of ether oxygens (including phenoxy) is 1. The number of carbonyl (C=O) groups excluding carboxylic acids is 1. The maximum absolute atomic E-state index is 12.7. The molecule has 32 heavy (non-hydrogen) atoms. The first-order valence-electron chi connectivity index (χ1n) is 11.8. The molecule has 1 saturated heterocycles. The van der Waals surface area contributed by atoms with Crippen LogP contribution in [0.1, 0.15) is 48.9 Å². The molecule has 2 heterocycles. The van der Waals surface area contributed by atoms with Crippen molar-refractivity contribution in [1.29, 1.82) is 5.26 Å². The molecule has 1 aliphatic heterocycles. The molecule has 2 aromatic rings. The molecule has 3 saturated carbocycles. The fourth-order valence-corrected chi connectivity index (χ4v) is 5.49. The predicted octanol–water partition coefficient (Wildman–Crippen LogP) is 3.64. The third-order valence-electron chi connectivity index (χ3n) is 7.49. The Labute approximate surface area is 189 Å². The second kappa shape index (κ2) is 9.33. The Kier molecular flexibility index (Phi) is 6.13. The van der Waals surface area contributed by atoms with E-state index in [4.69, 9.17) is 10.00 Å². The van der Waals surface area contributed by atoms with Gasteiger partial charge in [-0.15, -0.1) is 0 Å². The van der Waals surface area contributed by atoms with Crippen LogP contribution in [0, 0.1) is 23.2 Å². The van der Waals surface area contributed by atoms with Crippen molar-refractivity contribution in [2.75, 3.05) is 26.2 Å². The molecule has 1 aromatic carbocycles. The summed E-state index contributed by atoms with van der Waals surface area (Å²) in [6.45, 7) is 4.65. The van der Waals surface area contributed by atoms with Gasteiger partial charge in [-0.1, -0.05) is 12.1 Å². The normalized spacial score (nSPS) is 25.5. The average molecular weight is 434 g/mol. The van der Waals surface area contributed by atoms with E-state index in [0.29, 0.717) is 24.6 Å². The Bertz CT molecular complexity index is 963. The van der Waals surface area contributed by atoms with E-state index in [2.05, 4.69) is 20.5 Å². The number of nitrogens with zero attached hydrogens (tertiary/aromatic N) is 5. The molecule has 1 amide bonds. The zero-order valence-corrected chi connectivity index (χ0v) is 18.5. The fourth-order valence-electron chi connectivity index (χ4n) is 5.49.